The number of ether oxygens (including phenoxy) is 5. The zero-order chi connectivity index (χ0) is 49.5. The van der Waals surface area contributed by atoms with Crippen molar-refractivity contribution in [2.75, 3.05) is 6.54 Å². The third-order valence-electron chi connectivity index (χ3n) is 10.5. The first-order valence-corrected chi connectivity index (χ1v) is 22.5. The van der Waals surface area contributed by atoms with Crippen LogP contribution < -0.4 is 25.8 Å². The van der Waals surface area contributed by atoms with Crippen LogP contribution in [-0.4, -0.2) is 70.7 Å². The van der Waals surface area contributed by atoms with Gasteiger partial charge in [-0.2, -0.15) is 0 Å². The minimum absolute atomic E-state index is 0.0187. The molecule has 0 fully saturated rings. The first-order valence-electron chi connectivity index (χ1n) is 22.5. The van der Waals surface area contributed by atoms with Crippen molar-refractivity contribution in [3.05, 3.63) is 203 Å². The number of nitrogens with two attached hydrogens (primary N) is 1. The van der Waals surface area contributed by atoms with Gasteiger partial charge in [0.1, 0.15) is 50.6 Å². The average Bonchev–Trinajstić information content (AvgIpc) is 3.39. The third-order valence-corrected chi connectivity index (χ3v) is 10.5. The molecule has 0 heterocycles. The Morgan fingerprint density at radius 1 is 0.600 bits per heavy atom. The maximum atomic E-state index is 14.5. The molecule has 0 aromatic heterocycles. The Morgan fingerprint density at radius 3 is 1.59 bits per heavy atom. The van der Waals surface area contributed by atoms with E-state index in [9.17, 15) is 29.1 Å². The van der Waals surface area contributed by atoms with E-state index in [0.717, 1.165) is 16.0 Å². The van der Waals surface area contributed by atoms with Gasteiger partial charge in [0.15, 0.2) is 6.04 Å². The Bertz CT molecular complexity index is 2640. The number of carbonyl (C=O) groups is 5. The Morgan fingerprint density at radius 2 is 1.07 bits per heavy atom. The Labute approximate surface area is 406 Å². The van der Waals surface area contributed by atoms with Crippen molar-refractivity contribution in [1.29, 1.82) is 0 Å². The first-order chi connectivity index (χ1) is 34.0. The molecule has 6 aromatic carbocycles. The molecule has 0 unspecified atom stereocenters. The summed E-state index contributed by atoms with van der Waals surface area (Å²) in [6, 6.07) is 47.1. The summed E-state index contributed by atoms with van der Waals surface area (Å²) in [7, 11) is 0. The Hall–Kier alpha value is -8.50. The number of nitrogens with zero attached hydrogens (tertiary/aromatic N) is 2. The quantitative estimate of drug-likeness (QED) is 0.0224. The normalized spacial score (nSPS) is 12.3. The number of aliphatic hydroxyl groups is 1. The fourth-order valence-corrected chi connectivity index (χ4v) is 6.79. The highest BCUT2D eigenvalue weighted by atomic mass is 16.6. The standard InChI is InChI=1S/C54H55N5O11/c1-38(60)48(51(63)68-35-41-22-11-4-12-23-41)57-50(62)46(56-49(61)45-32-44(66-33-39-18-7-2-8-19-39)29-30-47(45)67-34-40-20-9-3-10-21-40)28-17-31-59(54(65)70-37-43-26-15-6-16-27-43)52(55)58-53(64)69-36-42-24-13-5-14-25-42/h2-16,18-27,29-30,32,38,46,48,60H,17,28,31,33-37H2,1H3,(H,56,61)(H,57,62)(H2,55,58,64)/t38-,46-,48-/m0/s1. The molecule has 0 aliphatic heterocycles. The molecule has 0 aliphatic rings. The number of amides is 4. The molecule has 3 atom stereocenters. The van der Waals surface area contributed by atoms with Crippen LogP contribution in [0.2, 0.25) is 0 Å². The van der Waals surface area contributed by atoms with Gasteiger partial charge in [-0.1, -0.05) is 152 Å². The highest BCUT2D eigenvalue weighted by Gasteiger charge is 2.32. The number of hydrogen-bond acceptors (Lipinski definition) is 11. The van der Waals surface area contributed by atoms with Gasteiger partial charge in [-0.15, -0.1) is 4.99 Å². The second kappa shape index (κ2) is 26.7. The summed E-state index contributed by atoms with van der Waals surface area (Å²) in [5.74, 6) is -2.59. The third kappa shape index (κ3) is 16.4. The number of esters is 1. The lowest BCUT2D eigenvalue weighted by Gasteiger charge is -2.26. The zero-order valence-corrected chi connectivity index (χ0v) is 38.6. The number of guanidine groups is 1. The summed E-state index contributed by atoms with van der Waals surface area (Å²) in [4.78, 5) is 73.5. The highest BCUT2D eigenvalue weighted by molar-refractivity contribution is 6.01. The van der Waals surface area contributed by atoms with Crippen LogP contribution in [0.1, 0.15) is 57.9 Å². The number of aliphatic hydroxyl groups excluding tert-OH is 1. The van der Waals surface area contributed by atoms with Crippen molar-refractivity contribution in [3.63, 3.8) is 0 Å². The average molecular weight is 950 g/mol. The molecule has 362 valence electrons. The Balaban J connectivity index is 1.25. The highest BCUT2D eigenvalue weighted by Crippen LogP contribution is 2.27. The molecule has 5 N–H and O–H groups in total. The van der Waals surface area contributed by atoms with E-state index in [1.807, 2.05) is 66.7 Å². The maximum absolute atomic E-state index is 14.5. The van der Waals surface area contributed by atoms with E-state index in [0.29, 0.717) is 22.4 Å². The molecule has 4 amide bonds. The van der Waals surface area contributed by atoms with E-state index in [4.69, 9.17) is 29.4 Å². The number of hydrogen-bond donors (Lipinski definition) is 4. The van der Waals surface area contributed by atoms with Gasteiger partial charge in [-0.3, -0.25) is 9.59 Å². The first kappa shape index (κ1) is 50.9. The molecule has 6 aromatic rings. The van der Waals surface area contributed by atoms with Gasteiger partial charge in [0, 0.05) is 6.54 Å². The fourth-order valence-electron chi connectivity index (χ4n) is 6.79. The summed E-state index contributed by atoms with van der Waals surface area (Å²) in [6.45, 7) is 0.946. The molecule has 0 bridgehead atoms. The molecule has 16 heteroatoms. The molecular formula is C54H55N5O11. The van der Waals surface area contributed by atoms with Gasteiger partial charge in [-0.05, 0) is 65.8 Å². The second-order valence-corrected chi connectivity index (χ2v) is 15.9. The molecule has 0 saturated heterocycles. The molecular weight excluding hydrogens is 895 g/mol. The minimum Gasteiger partial charge on any atom is -0.489 e. The van der Waals surface area contributed by atoms with Crippen LogP contribution in [0.25, 0.3) is 0 Å². The van der Waals surface area contributed by atoms with Crippen molar-refractivity contribution >= 4 is 35.9 Å². The zero-order valence-electron chi connectivity index (χ0n) is 38.6. The lowest BCUT2D eigenvalue weighted by Crippen LogP contribution is -2.55. The van der Waals surface area contributed by atoms with Crippen molar-refractivity contribution in [2.45, 2.75) is 71.0 Å². The molecule has 70 heavy (non-hydrogen) atoms. The predicted molar refractivity (Wildman–Crippen MR) is 260 cm³/mol. The van der Waals surface area contributed by atoms with Crippen molar-refractivity contribution < 1.29 is 52.8 Å². The molecule has 6 rings (SSSR count). The van der Waals surface area contributed by atoms with Gasteiger partial charge < -0.3 is 45.2 Å². The van der Waals surface area contributed by atoms with Crippen LogP contribution in [-0.2, 0) is 56.8 Å². The summed E-state index contributed by atoms with van der Waals surface area (Å²) >= 11 is 0. The van der Waals surface area contributed by atoms with Crippen LogP contribution >= 0.6 is 0 Å². The van der Waals surface area contributed by atoms with E-state index < -0.39 is 54.1 Å². The molecule has 0 aliphatic carbocycles. The van der Waals surface area contributed by atoms with Crippen molar-refractivity contribution in [3.8, 4) is 11.5 Å². The number of rotatable bonds is 22. The van der Waals surface area contributed by atoms with Gasteiger partial charge in [0.2, 0.25) is 11.9 Å². The van der Waals surface area contributed by atoms with Gasteiger partial charge in [0.05, 0.1) is 11.7 Å². The largest absolute Gasteiger partial charge is 0.489 e. The van der Waals surface area contributed by atoms with E-state index in [1.54, 1.807) is 97.1 Å². The maximum Gasteiger partial charge on any atom is 0.437 e. The number of benzene rings is 6. The smallest absolute Gasteiger partial charge is 0.437 e. The van der Waals surface area contributed by atoms with E-state index in [1.165, 1.54) is 13.0 Å². The second-order valence-electron chi connectivity index (χ2n) is 15.9. The predicted octanol–water partition coefficient (Wildman–Crippen LogP) is 7.62. The molecule has 0 radical (unpaired) electrons. The minimum atomic E-state index is -1.55. The van der Waals surface area contributed by atoms with E-state index in [2.05, 4.69) is 15.6 Å². The Kier molecular flexibility index (Phi) is 19.4. The van der Waals surface area contributed by atoms with Crippen LogP contribution in [0.5, 0.6) is 11.5 Å². The molecule has 16 nitrogen and oxygen atoms in total. The monoisotopic (exact) mass is 949 g/mol. The lowest BCUT2D eigenvalue weighted by molar-refractivity contribution is -0.152. The summed E-state index contributed by atoms with van der Waals surface area (Å²) in [6.07, 6.45) is -3.72. The summed E-state index contributed by atoms with van der Waals surface area (Å²) in [5.41, 5.74) is 10.1. The van der Waals surface area contributed by atoms with Gasteiger partial charge in [-0.25, -0.2) is 19.3 Å². The molecule has 0 spiro atoms. The fraction of sp³-hybridized carbons (Fsp3) is 0.222. The topological polar surface area (TPSA) is 217 Å². The summed E-state index contributed by atoms with van der Waals surface area (Å²) < 4.78 is 28.5. The van der Waals surface area contributed by atoms with Crippen LogP contribution in [0.3, 0.4) is 0 Å². The number of carbonyl (C=O) groups excluding carboxylic acids is 5. The van der Waals surface area contributed by atoms with Gasteiger partial charge in [0.25, 0.3) is 5.91 Å². The molecule has 0 saturated carbocycles. The lowest BCUT2D eigenvalue weighted by atomic mass is 10.1. The van der Waals surface area contributed by atoms with Gasteiger partial charge >= 0.3 is 18.2 Å². The van der Waals surface area contributed by atoms with Crippen molar-refractivity contribution in [1.82, 2.24) is 15.5 Å². The van der Waals surface area contributed by atoms with Crippen LogP contribution in [0, 0.1) is 0 Å². The van der Waals surface area contributed by atoms with Crippen LogP contribution in [0.4, 0.5) is 9.59 Å². The number of aliphatic imine (C=N–C) groups is 1. The van der Waals surface area contributed by atoms with Crippen LogP contribution in [0.15, 0.2) is 175 Å². The van der Waals surface area contributed by atoms with E-state index >= 15 is 0 Å². The summed E-state index contributed by atoms with van der Waals surface area (Å²) in [5, 5.41) is 16.1. The number of nitrogens with one attached hydrogen (secondary N) is 2. The van der Waals surface area contributed by atoms with Crippen molar-refractivity contribution in [2.24, 2.45) is 10.7 Å². The van der Waals surface area contributed by atoms with E-state index in [-0.39, 0.29) is 63.7 Å². The SMILES string of the molecule is C[C@H](O)[C@H](NC(=O)[C@H](CCCN(C(=O)OCc1ccccc1)/C(N)=N/C(=O)OCc1ccccc1)NC(=O)c1cc(OCc2ccccc2)ccc1OCc1ccccc1)C(=O)OCc1ccccc1.